The second-order valence-electron chi connectivity index (χ2n) is 7.81. The van der Waals surface area contributed by atoms with Gasteiger partial charge in [0, 0.05) is 13.0 Å². The summed E-state index contributed by atoms with van der Waals surface area (Å²) in [6.45, 7) is 7.85. The number of allylic oxidation sites excluding steroid dienone is 1. The van der Waals surface area contributed by atoms with Crippen molar-refractivity contribution < 1.29 is 19.1 Å². The Morgan fingerprint density at radius 1 is 1.20 bits per heavy atom. The molecule has 0 bridgehead atoms. The Balaban J connectivity index is 1.66. The number of rotatable bonds is 11. The minimum Gasteiger partial charge on any atom is -0.497 e. The van der Waals surface area contributed by atoms with Gasteiger partial charge in [0.25, 0.3) is 0 Å². The smallest absolute Gasteiger partial charge is 0.338 e. The molecule has 0 radical (unpaired) electrons. The van der Waals surface area contributed by atoms with Gasteiger partial charge in [-0.05, 0) is 49.7 Å². The molecule has 0 aliphatic carbocycles. The van der Waals surface area contributed by atoms with Crippen molar-refractivity contribution >= 4 is 40.9 Å². The highest BCUT2D eigenvalue weighted by molar-refractivity contribution is 7.99. The SMILES string of the molecule is C=CCn1c(Cc2ccc(OC)cc2)nnc1SCC(=O)Nc1cc(C(=O)OC(C)C)ccc1Cl. The van der Waals surface area contributed by atoms with Crippen molar-refractivity contribution in [1.82, 2.24) is 14.8 Å². The molecule has 10 heteroatoms. The lowest BCUT2D eigenvalue weighted by Gasteiger charge is -2.11. The summed E-state index contributed by atoms with van der Waals surface area (Å²) in [6, 6.07) is 12.3. The van der Waals surface area contributed by atoms with Gasteiger partial charge < -0.3 is 19.4 Å². The molecule has 0 saturated carbocycles. The van der Waals surface area contributed by atoms with Crippen LogP contribution in [0, 0.1) is 0 Å². The van der Waals surface area contributed by atoms with Crippen LogP contribution in [0.2, 0.25) is 5.02 Å². The minimum atomic E-state index is -0.483. The first kappa shape index (κ1) is 26.3. The van der Waals surface area contributed by atoms with Gasteiger partial charge in [-0.15, -0.1) is 16.8 Å². The van der Waals surface area contributed by atoms with Crippen LogP contribution in [-0.4, -0.2) is 45.6 Å². The second-order valence-corrected chi connectivity index (χ2v) is 9.16. The molecule has 1 amide bonds. The number of aromatic nitrogens is 3. The number of benzene rings is 2. The Hall–Kier alpha value is -3.30. The van der Waals surface area contributed by atoms with Crippen molar-refractivity contribution in [1.29, 1.82) is 0 Å². The van der Waals surface area contributed by atoms with E-state index in [4.69, 9.17) is 21.1 Å². The average Bonchev–Trinajstić information content (AvgIpc) is 3.20. The monoisotopic (exact) mass is 514 g/mol. The number of nitrogens with one attached hydrogen (secondary N) is 1. The Labute approximate surface area is 213 Å². The Morgan fingerprint density at radius 3 is 2.60 bits per heavy atom. The minimum absolute atomic E-state index is 0.0782. The molecule has 0 aliphatic heterocycles. The first-order valence-electron chi connectivity index (χ1n) is 10.9. The van der Waals surface area contributed by atoms with Crippen molar-refractivity contribution in [2.45, 2.75) is 38.1 Å². The molecule has 35 heavy (non-hydrogen) atoms. The average molecular weight is 515 g/mol. The largest absolute Gasteiger partial charge is 0.497 e. The molecule has 1 aromatic heterocycles. The number of esters is 1. The zero-order valence-electron chi connectivity index (χ0n) is 19.8. The second kappa shape index (κ2) is 12.4. The van der Waals surface area contributed by atoms with Crippen molar-refractivity contribution in [3.8, 4) is 5.75 Å². The first-order valence-corrected chi connectivity index (χ1v) is 12.3. The number of anilines is 1. The number of thioether (sulfide) groups is 1. The number of halogens is 1. The highest BCUT2D eigenvalue weighted by atomic mass is 35.5. The molecule has 0 spiro atoms. The maximum atomic E-state index is 12.6. The molecule has 0 saturated heterocycles. The number of nitrogens with zero attached hydrogens (tertiary/aromatic N) is 3. The van der Waals surface area contributed by atoms with Crippen LogP contribution in [0.25, 0.3) is 0 Å². The fourth-order valence-corrected chi connectivity index (χ4v) is 4.07. The third-order valence-electron chi connectivity index (χ3n) is 4.78. The maximum absolute atomic E-state index is 12.6. The molecular weight excluding hydrogens is 488 g/mol. The van der Waals surface area contributed by atoms with Crippen molar-refractivity contribution in [2.75, 3.05) is 18.2 Å². The predicted octanol–water partition coefficient (Wildman–Crippen LogP) is 5.01. The Bertz CT molecular complexity index is 1190. The van der Waals surface area contributed by atoms with Gasteiger partial charge in [-0.25, -0.2) is 4.79 Å². The van der Waals surface area contributed by atoms with Crippen LogP contribution in [0.3, 0.4) is 0 Å². The van der Waals surface area contributed by atoms with Gasteiger partial charge in [0.05, 0.1) is 35.2 Å². The standard InChI is InChI=1S/C25H27ClN4O4S/c1-5-12-30-22(13-17-6-9-19(33-4)10-7-17)28-29-25(30)35-15-23(31)27-21-14-18(8-11-20(21)26)24(32)34-16(2)3/h5-11,14,16H,1,12-13,15H2,2-4H3,(H,27,31). The van der Waals surface area contributed by atoms with Crippen LogP contribution in [0.5, 0.6) is 5.75 Å². The molecule has 0 aliphatic rings. The quantitative estimate of drug-likeness (QED) is 0.218. The van der Waals surface area contributed by atoms with E-state index < -0.39 is 5.97 Å². The normalized spacial score (nSPS) is 10.8. The predicted molar refractivity (Wildman–Crippen MR) is 137 cm³/mol. The summed E-state index contributed by atoms with van der Waals surface area (Å²) in [5, 5.41) is 12.2. The van der Waals surface area contributed by atoms with Gasteiger partial charge in [-0.3, -0.25) is 4.79 Å². The van der Waals surface area contributed by atoms with Crippen LogP contribution in [0.1, 0.15) is 35.6 Å². The summed E-state index contributed by atoms with van der Waals surface area (Å²) >= 11 is 7.47. The molecule has 3 aromatic rings. The van der Waals surface area contributed by atoms with Crippen LogP contribution < -0.4 is 10.1 Å². The maximum Gasteiger partial charge on any atom is 0.338 e. The molecule has 1 N–H and O–H groups in total. The van der Waals surface area contributed by atoms with Crippen molar-refractivity contribution in [3.63, 3.8) is 0 Å². The Kier molecular flexibility index (Phi) is 9.33. The number of hydrogen-bond acceptors (Lipinski definition) is 7. The van der Waals surface area contributed by atoms with E-state index >= 15 is 0 Å². The highest BCUT2D eigenvalue weighted by Crippen LogP contribution is 2.25. The van der Waals surface area contributed by atoms with Gasteiger partial charge in [-0.2, -0.15) is 0 Å². The molecule has 1 heterocycles. The number of methoxy groups -OCH3 is 1. The van der Waals surface area contributed by atoms with E-state index in [1.807, 2.05) is 28.8 Å². The molecule has 8 nitrogen and oxygen atoms in total. The fraction of sp³-hybridized carbons (Fsp3) is 0.280. The van der Waals surface area contributed by atoms with Crippen molar-refractivity contribution in [2.24, 2.45) is 0 Å². The lowest BCUT2D eigenvalue weighted by atomic mass is 10.1. The van der Waals surface area contributed by atoms with Crippen LogP contribution in [0.4, 0.5) is 5.69 Å². The number of ether oxygens (including phenoxy) is 2. The van der Waals surface area contributed by atoms with Crippen LogP contribution in [0.15, 0.2) is 60.3 Å². The lowest BCUT2D eigenvalue weighted by Crippen LogP contribution is -2.16. The first-order chi connectivity index (χ1) is 16.8. The van der Waals surface area contributed by atoms with E-state index in [1.165, 1.54) is 17.8 Å². The molecule has 3 rings (SSSR count). The van der Waals surface area contributed by atoms with Gasteiger partial charge >= 0.3 is 5.97 Å². The number of carbonyl (C=O) groups is 2. The summed E-state index contributed by atoms with van der Waals surface area (Å²) in [5.74, 6) is 0.845. The van der Waals surface area contributed by atoms with Gasteiger partial charge in [0.1, 0.15) is 11.6 Å². The number of carbonyl (C=O) groups excluding carboxylic acids is 2. The highest BCUT2D eigenvalue weighted by Gasteiger charge is 2.16. The summed E-state index contributed by atoms with van der Waals surface area (Å²) in [7, 11) is 1.63. The third-order valence-corrected chi connectivity index (χ3v) is 6.07. The third kappa shape index (κ3) is 7.34. The zero-order chi connectivity index (χ0) is 25.4. The van der Waals surface area contributed by atoms with E-state index in [1.54, 1.807) is 39.2 Å². The van der Waals surface area contributed by atoms with Gasteiger partial charge in [-0.1, -0.05) is 41.6 Å². The number of amides is 1. The summed E-state index contributed by atoms with van der Waals surface area (Å²) in [6.07, 6.45) is 2.08. The van der Waals surface area contributed by atoms with E-state index in [0.717, 1.165) is 17.1 Å². The number of hydrogen-bond donors (Lipinski definition) is 1. The summed E-state index contributed by atoms with van der Waals surface area (Å²) < 4.78 is 12.3. The van der Waals surface area contributed by atoms with Gasteiger partial charge in [0.2, 0.25) is 5.91 Å². The molecule has 0 unspecified atom stereocenters. The Morgan fingerprint density at radius 2 is 1.94 bits per heavy atom. The molecular formula is C25H27ClN4O4S. The van der Waals surface area contributed by atoms with Gasteiger partial charge in [0.15, 0.2) is 5.16 Å². The zero-order valence-corrected chi connectivity index (χ0v) is 21.4. The summed E-state index contributed by atoms with van der Waals surface area (Å²) in [5.41, 5.74) is 1.70. The molecule has 184 valence electrons. The lowest BCUT2D eigenvalue weighted by molar-refractivity contribution is -0.113. The van der Waals surface area contributed by atoms with Crippen LogP contribution >= 0.6 is 23.4 Å². The topological polar surface area (TPSA) is 95.3 Å². The molecule has 0 fully saturated rings. The summed E-state index contributed by atoms with van der Waals surface area (Å²) in [4.78, 5) is 24.8. The molecule has 2 aromatic carbocycles. The van der Waals surface area contributed by atoms with E-state index in [2.05, 4.69) is 22.1 Å². The van der Waals surface area contributed by atoms with Crippen LogP contribution in [-0.2, 0) is 22.5 Å². The van der Waals surface area contributed by atoms with E-state index in [-0.39, 0.29) is 17.8 Å². The van der Waals surface area contributed by atoms with E-state index in [0.29, 0.717) is 34.4 Å². The van der Waals surface area contributed by atoms with E-state index in [9.17, 15) is 9.59 Å². The molecule has 0 atom stereocenters. The fourth-order valence-electron chi connectivity index (χ4n) is 3.14. The van der Waals surface area contributed by atoms with Crippen molar-refractivity contribution in [3.05, 3.63) is 77.1 Å².